The first kappa shape index (κ1) is 43.1. The number of furan rings is 1. The van der Waals surface area contributed by atoms with Crippen LogP contribution in [0.4, 0.5) is 17.1 Å². The molecule has 11 aromatic carbocycles. The van der Waals surface area contributed by atoms with Crippen molar-refractivity contribution in [1.29, 1.82) is 0 Å². The largest absolute Gasteiger partial charge is 0.452 e. The zero-order chi connectivity index (χ0) is 50.6. The molecule has 16 rings (SSSR count). The summed E-state index contributed by atoms with van der Waals surface area (Å²) in [5.41, 5.74) is 24.7. The van der Waals surface area contributed by atoms with E-state index in [1.54, 1.807) is 0 Å². The smallest absolute Gasteiger partial charge is 0.160 e. The van der Waals surface area contributed by atoms with Crippen molar-refractivity contribution in [3.05, 3.63) is 259 Å². The molecule has 0 radical (unpaired) electrons. The molecule has 360 valence electrons. The normalized spacial score (nSPS) is 14.0. The summed E-state index contributed by atoms with van der Waals surface area (Å²) >= 11 is 0. The fourth-order valence-electron chi connectivity index (χ4n) is 13.6. The van der Waals surface area contributed by atoms with Gasteiger partial charge in [0.15, 0.2) is 11.2 Å². The van der Waals surface area contributed by atoms with Crippen LogP contribution < -0.4 is 4.90 Å². The van der Waals surface area contributed by atoms with Crippen molar-refractivity contribution >= 4 is 82.6 Å². The van der Waals surface area contributed by atoms with Gasteiger partial charge < -0.3 is 18.5 Å². The Morgan fingerprint density at radius 2 is 0.711 bits per heavy atom. The third-order valence-electron chi connectivity index (χ3n) is 17.3. The standard InChI is InChI=1S/C72H51N3O/c1-71(2)61-22-12-8-18-51(61)53-36-34-49(42-63(53)71)73(50-35-37-54-52-19-9-13-23-62(52)72(3,4)64(54)43-50)47-30-26-44(27-31-47)45-28-32-48(33-29-45)75-66-25-15-11-21-56(66)58-39-41-60-59-40-38-57-55-20-10-14-24-65(55)74(46-16-6-5-7-17-46)67(57)69(59)76-70(60)68(58)75/h5-43H,1-4H3. The van der Waals surface area contributed by atoms with Gasteiger partial charge in [-0.1, -0.05) is 179 Å². The molecule has 0 atom stereocenters. The summed E-state index contributed by atoms with van der Waals surface area (Å²) in [4.78, 5) is 2.46. The first-order chi connectivity index (χ1) is 37.2. The Morgan fingerprint density at radius 1 is 0.316 bits per heavy atom. The maximum absolute atomic E-state index is 7.30. The molecule has 3 heterocycles. The maximum atomic E-state index is 7.30. The summed E-state index contributed by atoms with van der Waals surface area (Å²) < 4.78 is 12.1. The van der Waals surface area contributed by atoms with Crippen LogP contribution in [0.25, 0.3) is 110 Å². The highest BCUT2D eigenvalue weighted by atomic mass is 16.3. The van der Waals surface area contributed by atoms with Gasteiger partial charge in [-0.2, -0.15) is 0 Å². The molecule has 2 aliphatic rings. The van der Waals surface area contributed by atoms with Crippen LogP contribution in [0, 0.1) is 0 Å². The lowest BCUT2D eigenvalue weighted by Gasteiger charge is -2.30. The summed E-state index contributed by atoms with van der Waals surface area (Å²) in [6, 6.07) is 87.4. The molecule has 14 aromatic rings. The molecule has 4 heteroatoms. The van der Waals surface area contributed by atoms with E-state index in [-0.39, 0.29) is 10.8 Å². The van der Waals surface area contributed by atoms with Crippen LogP contribution in [0.1, 0.15) is 49.9 Å². The summed E-state index contributed by atoms with van der Waals surface area (Å²) in [6.07, 6.45) is 0. The summed E-state index contributed by atoms with van der Waals surface area (Å²) in [5, 5.41) is 6.96. The Morgan fingerprint density at radius 3 is 1.22 bits per heavy atom. The van der Waals surface area contributed by atoms with Crippen molar-refractivity contribution in [1.82, 2.24) is 9.13 Å². The number of hydrogen-bond donors (Lipinski definition) is 0. The lowest BCUT2D eigenvalue weighted by atomic mass is 9.82. The molecule has 0 fully saturated rings. The van der Waals surface area contributed by atoms with Crippen LogP contribution in [0.15, 0.2) is 241 Å². The minimum Gasteiger partial charge on any atom is -0.452 e. The molecule has 4 nitrogen and oxygen atoms in total. The Bertz CT molecular complexity index is 4630. The Labute approximate surface area is 440 Å². The van der Waals surface area contributed by atoms with Crippen LogP contribution in [-0.2, 0) is 10.8 Å². The lowest BCUT2D eigenvalue weighted by Crippen LogP contribution is -2.18. The van der Waals surface area contributed by atoms with Gasteiger partial charge in [-0.25, -0.2) is 0 Å². The predicted octanol–water partition coefficient (Wildman–Crippen LogP) is 19.5. The number of para-hydroxylation sites is 3. The summed E-state index contributed by atoms with van der Waals surface area (Å²) in [5.74, 6) is 0. The molecular formula is C72H51N3O. The van der Waals surface area contributed by atoms with E-state index in [1.807, 2.05) is 0 Å². The zero-order valence-electron chi connectivity index (χ0n) is 42.8. The molecule has 0 saturated carbocycles. The Hall–Kier alpha value is -9.38. The van der Waals surface area contributed by atoms with Gasteiger partial charge in [-0.15, -0.1) is 0 Å². The van der Waals surface area contributed by atoms with E-state index in [0.29, 0.717) is 0 Å². The van der Waals surface area contributed by atoms with Crippen molar-refractivity contribution in [3.8, 4) is 44.8 Å². The summed E-state index contributed by atoms with van der Waals surface area (Å²) in [6.45, 7) is 9.47. The average Bonchev–Trinajstić information content (AvgIpc) is 4.25. The van der Waals surface area contributed by atoms with Crippen molar-refractivity contribution in [3.63, 3.8) is 0 Å². The topological polar surface area (TPSA) is 26.2 Å². The number of anilines is 3. The van der Waals surface area contributed by atoms with Crippen LogP contribution in [0.2, 0.25) is 0 Å². The van der Waals surface area contributed by atoms with Gasteiger partial charge in [-0.05, 0) is 141 Å². The molecule has 0 spiro atoms. The molecule has 3 aromatic heterocycles. The van der Waals surface area contributed by atoms with E-state index in [2.05, 4.69) is 278 Å². The highest BCUT2D eigenvalue weighted by molar-refractivity contribution is 6.26. The first-order valence-electron chi connectivity index (χ1n) is 26.6. The van der Waals surface area contributed by atoms with Crippen molar-refractivity contribution < 1.29 is 4.42 Å². The Kier molecular flexibility index (Phi) is 8.83. The minimum atomic E-state index is -0.125. The van der Waals surface area contributed by atoms with Crippen molar-refractivity contribution in [2.75, 3.05) is 4.90 Å². The fourth-order valence-corrected chi connectivity index (χ4v) is 13.6. The SMILES string of the molecule is CC1(C)c2ccccc2-c2ccc(N(c3ccc(-c4ccc(-n5c6ccccc6c6ccc7c8ccc9c%10ccccc%10n(-c%10ccccc%10)c9c8oc7c65)cc4)cc3)c3ccc4c(c3)C(C)(C)c3ccccc3-4)cc21. The van der Waals surface area contributed by atoms with Gasteiger partial charge in [0.1, 0.15) is 0 Å². The predicted molar refractivity (Wildman–Crippen MR) is 318 cm³/mol. The van der Waals surface area contributed by atoms with E-state index in [1.165, 1.54) is 66.1 Å². The molecule has 0 amide bonds. The fraction of sp³-hybridized carbons (Fsp3) is 0.0833. The Balaban J connectivity index is 0.814. The highest BCUT2D eigenvalue weighted by Gasteiger charge is 2.38. The van der Waals surface area contributed by atoms with Gasteiger partial charge in [0, 0.05) is 71.6 Å². The second-order valence-corrected chi connectivity index (χ2v) is 22.0. The van der Waals surface area contributed by atoms with Gasteiger partial charge in [0.05, 0.1) is 22.1 Å². The molecule has 0 saturated heterocycles. The molecule has 76 heavy (non-hydrogen) atoms. The number of benzene rings is 11. The van der Waals surface area contributed by atoms with Gasteiger partial charge in [-0.3, -0.25) is 0 Å². The quantitative estimate of drug-likeness (QED) is 0.166. The zero-order valence-corrected chi connectivity index (χ0v) is 42.8. The van der Waals surface area contributed by atoms with E-state index >= 15 is 0 Å². The molecule has 0 unspecified atom stereocenters. The maximum Gasteiger partial charge on any atom is 0.160 e. The number of nitrogens with zero attached hydrogens (tertiary/aromatic N) is 3. The number of aromatic nitrogens is 2. The third-order valence-corrected chi connectivity index (χ3v) is 17.3. The van der Waals surface area contributed by atoms with Crippen molar-refractivity contribution in [2.45, 2.75) is 38.5 Å². The van der Waals surface area contributed by atoms with Gasteiger partial charge >= 0.3 is 0 Å². The summed E-state index contributed by atoms with van der Waals surface area (Å²) in [7, 11) is 0. The molecule has 0 bridgehead atoms. The van der Waals surface area contributed by atoms with E-state index in [4.69, 9.17) is 4.42 Å². The number of rotatable bonds is 6. The van der Waals surface area contributed by atoms with Crippen molar-refractivity contribution in [2.24, 2.45) is 0 Å². The van der Waals surface area contributed by atoms with E-state index < -0.39 is 0 Å². The molecule has 0 N–H and O–H groups in total. The lowest BCUT2D eigenvalue weighted by molar-refractivity contribution is 0.660. The van der Waals surface area contributed by atoms with Crippen LogP contribution in [0.3, 0.4) is 0 Å². The second-order valence-electron chi connectivity index (χ2n) is 22.0. The third kappa shape index (κ3) is 5.90. The van der Waals surface area contributed by atoms with E-state index in [9.17, 15) is 0 Å². The van der Waals surface area contributed by atoms with Crippen LogP contribution in [-0.4, -0.2) is 9.13 Å². The second kappa shape index (κ2) is 15.6. The average molecular weight is 974 g/mol. The highest BCUT2D eigenvalue weighted by Crippen LogP contribution is 2.53. The number of hydrogen-bond acceptors (Lipinski definition) is 2. The first-order valence-corrected chi connectivity index (χ1v) is 26.6. The number of fused-ring (bicyclic) bond motifs is 17. The van der Waals surface area contributed by atoms with Gasteiger partial charge in [0.2, 0.25) is 0 Å². The van der Waals surface area contributed by atoms with Crippen LogP contribution in [0.5, 0.6) is 0 Å². The van der Waals surface area contributed by atoms with Gasteiger partial charge in [0.25, 0.3) is 0 Å². The minimum absolute atomic E-state index is 0.125. The van der Waals surface area contributed by atoms with E-state index in [0.717, 1.165) is 83.6 Å². The molecule has 0 aliphatic heterocycles. The monoisotopic (exact) mass is 973 g/mol. The molecule has 2 aliphatic carbocycles. The molecular weight excluding hydrogens is 923 g/mol. The van der Waals surface area contributed by atoms with Crippen LogP contribution >= 0.6 is 0 Å².